The number of rotatable bonds is 3. The lowest BCUT2D eigenvalue weighted by Gasteiger charge is -2.36. The molecular formula is C14H24N2O3. The van der Waals surface area contributed by atoms with Crippen molar-refractivity contribution in [2.24, 2.45) is 11.7 Å². The van der Waals surface area contributed by atoms with Gasteiger partial charge >= 0.3 is 5.97 Å². The zero-order chi connectivity index (χ0) is 13.9. The van der Waals surface area contributed by atoms with Gasteiger partial charge in [0.2, 0.25) is 5.91 Å². The summed E-state index contributed by atoms with van der Waals surface area (Å²) in [6.07, 6.45) is 5.25. The zero-order valence-corrected chi connectivity index (χ0v) is 11.7. The third kappa shape index (κ3) is 3.08. The number of hydrogen-bond donors (Lipinski definition) is 1. The van der Waals surface area contributed by atoms with Gasteiger partial charge in [-0.15, -0.1) is 0 Å². The summed E-state index contributed by atoms with van der Waals surface area (Å²) >= 11 is 0. The van der Waals surface area contributed by atoms with Gasteiger partial charge in [0.15, 0.2) is 0 Å². The van der Waals surface area contributed by atoms with Crippen LogP contribution in [0.5, 0.6) is 0 Å². The molecule has 0 radical (unpaired) electrons. The van der Waals surface area contributed by atoms with Gasteiger partial charge in [-0.25, -0.2) is 0 Å². The van der Waals surface area contributed by atoms with E-state index in [-0.39, 0.29) is 17.8 Å². The zero-order valence-electron chi connectivity index (χ0n) is 11.7. The lowest BCUT2D eigenvalue weighted by atomic mass is 9.93. The molecule has 1 aliphatic heterocycles. The number of ether oxygens (including phenoxy) is 1. The molecular weight excluding hydrogens is 244 g/mol. The number of esters is 1. The van der Waals surface area contributed by atoms with E-state index in [1.54, 1.807) is 11.8 Å². The van der Waals surface area contributed by atoms with E-state index >= 15 is 0 Å². The maximum atomic E-state index is 12.5. The van der Waals surface area contributed by atoms with E-state index in [0.717, 1.165) is 38.5 Å². The highest BCUT2D eigenvalue weighted by molar-refractivity contribution is 5.87. The van der Waals surface area contributed by atoms with Crippen molar-refractivity contribution in [3.05, 3.63) is 0 Å². The lowest BCUT2D eigenvalue weighted by Crippen LogP contribution is -2.56. The highest BCUT2D eigenvalue weighted by Crippen LogP contribution is 2.30. The molecule has 1 saturated heterocycles. The van der Waals surface area contributed by atoms with Crippen LogP contribution in [0.3, 0.4) is 0 Å². The van der Waals surface area contributed by atoms with Crippen molar-refractivity contribution < 1.29 is 14.3 Å². The van der Waals surface area contributed by atoms with Crippen LogP contribution in [0.2, 0.25) is 0 Å². The van der Waals surface area contributed by atoms with Crippen LogP contribution >= 0.6 is 0 Å². The number of carbonyl (C=O) groups is 2. The monoisotopic (exact) mass is 268 g/mol. The summed E-state index contributed by atoms with van der Waals surface area (Å²) in [6, 6.07) is 0. The predicted molar refractivity (Wildman–Crippen MR) is 71.3 cm³/mol. The summed E-state index contributed by atoms with van der Waals surface area (Å²) < 4.78 is 5.05. The molecule has 2 rings (SSSR count). The van der Waals surface area contributed by atoms with Gasteiger partial charge in [0.25, 0.3) is 0 Å². The molecule has 0 bridgehead atoms. The molecule has 2 N–H and O–H groups in total. The Morgan fingerprint density at radius 3 is 2.63 bits per heavy atom. The first-order valence-corrected chi connectivity index (χ1v) is 7.32. The third-order valence-electron chi connectivity index (χ3n) is 4.25. The van der Waals surface area contributed by atoms with Crippen LogP contribution in [0.1, 0.15) is 45.4 Å². The van der Waals surface area contributed by atoms with Crippen LogP contribution in [0.15, 0.2) is 0 Å². The number of nitrogens with two attached hydrogens (primary N) is 1. The van der Waals surface area contributed by atoms with E-state index in [4.69, 9.17) is 10.5 Å². The SMILES string of the molecule is CCOC(=O)C1CCCN(C(=O)C2(N)CCCC2)C1. The van der Waals surface area contributed by atoms with Gasteiger partial charge in [-0.3, -0.25) is 9.59 Å². The first-order valence-electron chi connectivity index (χ1n) is 7.32. The Hall–Kier alpha value is -1.10. The quantitative estimate of drug-likeness (QED) is 0.777. The molecule has 1 aliphatic carbocycles. The predicted octanol–water partition coefficient (Wildman–Crippen LogP) is 1.06. The van der Waals surface area contributed by atoms with Gasteiger partial charge in [-0.2, -0.15) is 0 Å². The standard InChI is InChI=1S/C14H24N2O3/c1-2-19-12(17)11-6-5-9-16(10-11)13(18)14(15)7-3-4-8-14/h11H,2-10,15H2,1H3. The molecule has 0 aromatic heterocycles. The fourth-order valence-electron chi connectivity index (χ4n) is 3.15. The molecule has 1 saturated carbocycles. The van der Waals surface area contributed by atoms with Crippen molar-refractivity contribution in [2.45, 2.75) is 51.0 Å². The molecule has 1 atom stereocenters. The molecule has 108 valence electrons. The summed E-state index contributed by atoms with van der Waals surface area (Å²) in [4.78, 5) is 26.0. The number of amides is 1. The molecule has 0 spiro atoms. The second kappa shape index (κ2) is 5.90. The van der Waals surface area contributed by atoms with Crippen molar-refractivity contribution in [1.82, 2.24) is 4.90 Å². The summed E-state index contributed by atoms with van der Waals surface area (Å²) in [5.74, 6) is -0.334. The minimum absolute atomic E-state index is 0.0269. The Kier molecular flexibility index (Phi) is 4.45. The molecule has 5 heteroatoms. The second-order valence-corrected chi connectivity index (χ2v) is 5.71. The first-order chi connectivity index (χ1) is 9.07. The fourth-order valence-corrected chi connectivity index (χ4v) is 3.15. The molecule has 2 fully saturated rings. The first kappa shape index (κ1) is 14.3. The third-order valence-corrected chi connectivity index (χ3v) is 4.25. The van der Waals surface area contributed by atoms with Crippen molar-refractivity contribution in [2.75, 3.05) is 19.7 Å². The fraction of sp³-hybridized carbons (Fsp3) is 0.857. The van der Waals surface area contributed by atoms with Gasteiger partial charge in [-0.1, -0.05) is 12.8 Å². The maximum Gasteiger partial charge on any atom is 0.310 e. The number of likely N-dealkylation sites (tertiary alicyclic amines) is 1. The molecule has 0 aromatic rings. The van der Waals surface area contributed by atoms with Crippen molar-refractivity contribution >= 4 is 11.9 Å². The smallest absolute Gasteiger partial charge is 0.310 e. The van der Waals surface area contributed by atoms with Crippen LogP contribution in [0, 0.1) is 5.92 Å². The molecule has 19 heavy (non-hydrogen) atoms. The minimum Gasteiger partial charge on any atom is -0.466 e. The average Bonchev–Trinajstić information content (AvgIpc) is 2.86. The van der Waals surface area contributed by atoms with E-state index in [9.17, 15) is 9.59 Å². The van der Waals surface area contributed by atoms with Gasteiger partial charge in [0.1, 0.15) is 0 Å². The van der Waals surface area contributed by atoms with Crippen LogP contribution < -0.4 is 5.73 Å². The molecule has 1 heterocycles. The molecule has 5 nitrogen and oxygen atoms in total. The Morgan fingerprint density at radius 2 is 2.00 bits per heavy atom. The Morgan fingerprint density at radius 1 is 1.32 bits per heavy atom. The van der Waals surface area contributed by atoms with Crippen LogP contribution in [0.4, 0.5) is 0 Å². The van der Waals surface area contributed by atoms with Gasteiger partial charge < -0.3 is 15.4 Å². The van der Waals surface area contributed by atoms with E-state index in [1.165, 1.54) is 0 Å². The molecule has 2 aliphatic rings. The summed E-state index contributed by atoms with van der Waals surface area (Å²) in [7, 11) is 0. The van der Waals surface area contributed by atoms with Gasteiger partial charge in [-0.05, 0) is 32.6 Å². The van der Waals surface area contributed by atoms with E-state index in [0.29, 0.717) is 19.7 Å². The lowest BCUT2D eigenvalue weighted by molar-refractivity contribution is -0.152. The largest absolute Gasteiger partial charge is 0.466 e. The molecule has 1 unspecified atom stereocenters. The van der Waals surface area contributed by atoms with Crippen LogP contribution in [0.25, 0.3) is 0 Å². The second-order valence-electron chi connectivity index (χ2n) is 5.71. The van der Waals surface area contributed by atoms with Crippen LogP contribution in [-0.2, 0) is 14.3 Å². The van der Waals surface area contributed by atoms with Crippen molar-refractivity contribution in [3.63, 3.8) is 0 Å². The van der Waals surface area contributed by atoms with Gasteiger partial charge in [0.05, 0.1) is 18.1 Å². The van der Waals surface area contributed by atoms with E-state index < -0.39 is 5.54 Å². The number of piperidine rings is 1. The Bertz CT molecular complexity index is 351. The van der Waals surface area contributed by atoms with Crippen LogP contribution in [-0.4, -0.2) is 42.0 Å². The highest BCUT2D eigenvalue weighted by atomic mass is 16.5. The van der Waals surface area contributed by atoms with E-state index in [2.05, 4.69) is 0 Å². The Balaban J connectivity index is 1.97. The molecule has 1 amide bonds. The normalized spacial score (nSPS) is 26.2. The summed E-state index contributed by atoms with van der Waals surface area (Å²) in [5.41, 5.74) is 5.52. The summed E-state index contributed by atoms with van der Waals surface area (Å²) in [6.45, 7) is 3.38. The minimum atomic E-state index is -0.684. The molecule has 0 aromatic carbocycles. The highest BCUT2D eigenvalue weighted by Gasteiger charge is 2.41. The van der Waals surface area contributed by atoms with Crippen molar-refractivity contribution in [3.8, 4) is 0 Å². The topological polar surface area (TPSA) is 72.6 Å². The van der Waals surface area contributed by atoms with Gasteiger partial charge in [0, 0.05) is 13.1 Å². The number of hydrogen-bond acceptors (Lipinski definition) is 4. The van der Waals surface area contributed by atoms with E-state index in [1.807, 2.05) is 0 Å². The maximum absolute atomic E-state index is 12.5. The number of nitrogens with zero attached hydrogens (tertiary/aromatic N) is 1. The summed E-state index contributed by atoms with van der Waals surface area (Å²) in [5, 5.41) is 0. The average molecular weight is 268 g/mol. The number of carbonyl (C=O) groups excluding carboxylic acids is 2. The van der Waals surface area contributed by atoms with Crippen molar-refractivity contribution in [1.29, 1.82) is 0 Å². The Labute approximate surface area is 114 Å².